The number of halogens is 2. The molecule has 7 nitrogen and oxygen atoms in total. The lowest BCUT2D eigenvalue weighted by Gasteiger charge is -2.21. The minimum atomic E-state index is -5.22. The molecule has 0 rings (SSSR count). The van der Waals surface area contributed by atoms with Crippen LogP contribution in [0.4, 0.5) is 0 Å². The first-order valence-corrected chi connectivity index (χ1v) is 12.0. The van der Waals surface area contributed by atoms with Gasteiger partial charge in [0.1, 0.15) is 0 Å². The lowest BCUT2D eigenvalue weighted by Crippen LogP contribution is -2.27. The van der Waals surface area contributed by atoms with Crippen LogP contribution in [0.2, 0.25) is 0 Å². The van der Waals surface area contributed by atoms with Crippen molar-refractivity contribution >= 4 is 38.4 Å². The zero-order valence-corrected chi connectivity index (χ0v) is 17.9. The highest BCUT2D eigenvalue weighted by molar-refractivity contribution is 7.78. The second kappa shape index (κ2) is 13.1. The molecule has 0 aliphatic carbocycles. The first-order chi connectivity index (χ1) is 10.8. The van der Waals surface area contributed by atoms with Crippen molar-refractivity contribution in [1.82, 2.24) is 4.90 Å². The fourth-order valence-corrected chi connectivity index (χ4v) is 3.01. The van der Waals surface area contributed by atoms with Crippen molar-refractivity contribution in [2.75, 3.05) is 19.6 Å². The standard InChI is InChI=1S/C12H27N.CH4Cl2O6P2/c1-4-7-10-13(11-8-5-2)12-9-6-3;2-1(3,10(4,5)6)11(7,8)9/h4-12H2,1-3H3;(H2,4,5,6)(H2,7,8,9). The molecule has 0 heterocycles. The molecule has 0 spiro atoms. The van der Waals surface area contributed by atoms with Crippen LogP contribution in [0.1, 0.15) is 59.3 Å². The maximum atomic E-state index is 10.2. The molecule has 0 aromatic heterocycles. The first-order valence-electron chi connectivity index (χ1n) is 8.06. The molecular weight excluding hydrogens is 399 g/mol. The molecule has 0 aromatic rings. The maximum absolute atomic E-state index is 10.2. The van der Waals surface area contributed by atoms with E-state index in [4.69, 9.17) is 42.8 Å². The Balaban J connectivity index is 0. The highest BCUT2D eigenvalue weighted by Gasteiger charge is 2.58. The van der Waals surface area contributed by atoms with Crippen molar-refractivity contribution in [3.8, 4) is 0 Å². The number of hydrogen-bond acceptors (Lipinski definition) is 3. The molecule has 148 valence electrons. The molecule has 0 bridgehead atoms. The minimum absolute atomic E-state index is 1.32. The molecule has 4 N–H and O–H groups in total. The van der Waals surface area contributed by atoms with E-state index in [0.717, 1.165) is 0 Å². The van der Waals surface area contributed by atoms with Gasteiger partial charge in [-0.25, -0.2) is 0 Å². The molecule has 0 saturated carbocycles. The lowest BCUT2D eigenvalue weighted by molar-refractivity contribution is 0.261. The van der Waals surface area contributed by atoms with Crippen LogP contribution in [0.5, 0.6) is 0 Å². The van der Waals surface area contributed by atoms with Gasteiger partial charge in [-0.2, -0.15) is 0 Å². The van der Waals surface area contributed by atoms with E-state index in [-0.39, 0.29) is 0 Å². The van der Waals surface area contributed by atoms with Gasteiger partial charge in [0.05, 0.1) is 0 Å². The van der Waals surface area contributed by atoms with E-state index in [1.165, 1.54) is 58.2 Å². The summed E-state index contributed by atoms with van der Waals surface area (Å²) in [6.45, 7) is 10.8. The molecule has 0 saturated heterocycles. The Hall–Kier alpha value is 0.840. The van der Waals surface area contributed by atoms with Gasteiger partial charge in [0, 0.05) is 0 Å². The number of hydrogen-bond donors (Lipinski definition) is 4. The summed E-state index contributed by atoms with van der Waals surface area (Å²) in [5.41, 5.74) is 0. The zero-order chi connectivity index (χ0) is 19.4. The van der Waals surface area contributed by atoms with Gasteiger partial charge < -0.3 is 24.5 Å². The van der Waals surface area contributed by atoms with Crippen LogP contribution in [0, 0.1) is 0 Å². The van der Waals surface area contributed by atoms with Crippen molar-refractivity contribution in [2.24, 2.45) is 0 Å². The van der Waals surface area contributed by atoms with Crippen molar-refractivity contribution in [3.05, 3.63) is 0 Å². The Morgan fingerprint density at radius 2 is 1.00 bits per heavy atom. The van der Waals surface area contributed by atoms with Crippen molar-refractivity contribution < 1.29 is 28.7 Å². The summed E-state index contributed by atoms with van der Waals surface area (Å²) < 4.78 is 17.1. The summed E-state index contributed by atoms with van der Waals surface area (Å²) in [5.74, 6) is 0. The molecule has 0 amide bonds. The molecular formula is C13H31Cl2NO6P2. The highest BCUT2D eigenvalue weighted by atomic mass is 35.5. The predicted molar refractivity (Wildman–Crippen MR) is 99.7 cm³/mol. The maximum Gasteiger partial charge on any atom is 0.373 e. The fraction of sp³-hybridized carbons (Fsp3) is 1.00. The van der Waals surface area contributed by atoms with Crippen LogP contribution < -0.4 is 0 Å². The van der Waals surface area contributed by atoms with E-state index in [2.05, 4.69) is 25.7 Å². The van der Waals surface area contributed by atoms with Gasteiger partial charge in [-0.1, -0.05) is 63.2 Å². The number of nitrogens with zero attached hydrogens (tertiary/aromatic N) is 1. The summed E-state index contributed by atoms with van der Waals surface area (Å²) in [6.07, 6.45) is 8.09. The van der Waals surface area contributed by atoms with Crippen LogP contribution in [0.25, 0.3) is 0 Å². The molecule has 0 radical (unpaired) electrons. The monoisotopic (exact) mass is 429 g/mol. The van der Waals surface area contributed by atoms with E-state index in [0.29, 0.717) is 0 Å². The smallest absolute Gasteiger partial charge is 0.322 e. The predicted octanol–water partition coefficient (Wildman–Crippen LogP) is 4.12. The molecule has 0 fully saturated rings. The summed E-state index contributed by atoms with van der Waals surface area (Å²) in [6, 6.07) is 0. The van der Waals surface area contributed by atoms with Gasteiger partial charge >= 0.3 is 19.0 Å². The van der Waals surface area contributed by atoms with E-state index >= 15 is 0 Å². The summed E-state index contributed by atoms with van der Waals surface area (Å²) in [5, 5.41) is 0. The second-order valence-electron chi connectivity index (χ2n) is 5.50. The molecule has 0 aromatic carbocycles. The van der Waals surface area contributed by atoms with E-state index in [9.17, 15) is 9.13 Å². The van der Waals surface area contributed by atoms with Gasteiger partial charge in [0.2, 0.25) is 0 Å². The Morgan fingerprint density at radius 1 is 0.750 bits per heavy atom. The van der Waals surface area contributed by atoms with Crippen molar-refractivity contribution in [2.45, 2.75) is 63.1 Å². The highest BCUT2D eigenvalue weighted by Crippen LogP contribution is 2.73. The fourth-order valence-electron chi connectivity index (χ4n) is 1.65. The quantitative estimate of drug-likeness (QED) is 0.288. The summed E-state index contributed by atoms with van der Waals surface area (Å²) >= 11 is 9.46. The molecule has 11 heteroatoms. The van der Waals surface area contributed by atoms with Gasteiger partial charge in [-0.15, -0.1) is 0 Å². The van der Waals surface area contributed by atoms with Crippen LogP contribution in [0.15, 0.2) is 0 Å². The van der Waals surface area contributed by atoms with Gasteiger partial charge in [0.25, 0.3) is 0 Å². The topological polar surface area (TPSA) is 118 Å². The van der Waals surface area contributed by atoms with Gasteiger partial charge in [-0.3, -0.25) is 9.13 Å². The SMILES string of the molecule is CCCCN(CCCC)CCCC.O=P(O)(O)C(Cl)(Cl)P(=O)(O)O. The average molecular weight is 430 g/mol. The largest absolute Gasteiger partial charge is 0.373 e. The molecule has 0 aliphatic heterocycles. The number of unbranched alkanes of at least 4 members (excludes halogenated alkanes) is 3. The molecule has 0 unspecified atom stereocenters. The van der Waals surface area contributed by atoms with Crippen LogP contribution >= 0.6 is 38.4 Å². The Kier molecular flexibility index (Phi) is 14.7. The minimum Gasteiger partial charge on any atom is -0.322 e. The molecule has 0 atom stereocenters. The summed E-state index contributed by atoms with van der Waals surface area (Å²) in [4.78, 5) is 35.6. The first kappa shape index (κ1) is 27.1. The van der Waals surface area contributed by atoms with Gasteiger partial charge in [-0.05, 0) is 38.9 Å². The number of alkyl halides is 2. The normalized spacial score (nSPS) is 12.9. The molecule has 0 aliphatic rings. The van der Waals surface area contributed by atoms with Crippen LogP contribution in [-0.2, 0) is 9.13 Å². The Morgan fingerprint density at radius 3 is 1.12 bits per heavy atom. The zero-order valence-electron chi connectivity index (χ0n) is 14.6. The van der Waals surface area contributed by atoms with Crippen molar-refractivity contribution in [3.63, 3.8) is 0 Å². The van der Waals surface area contributed by atoms with Crippen LogP contribution in [0.3, 0.4) is 0 Å². The third kappa shape index (κ3) is 11.5. The lowest BCUT2D eigenvalue weighted by atomic mass is 10.2. The van der Waals surface area contributed by atoms with E-state index in [1.54, 1.807) is 0 Å². The van der Waals surface area contributed by atoms with Crippen molar-refractivity contribution in [1.29, 1.82) is 0 Å². The second-order valence-corrected chi connectivity index (χ2v) is 11.8. The third-order valence-corrected chi connectivity index (χ3v) is 8.79. The Labute approximate surface area is 155 Å². The Bertz CT molecular complexity index is 370. The van der Waals surface area contributed by atoms with Gasteiger partial charge in [0.15, 0.2) is 0 Å². The van der Waals surface area contributed by atoms with E-state index < -0.39 is 19.0 Å². The number of rotatable bonds is 11. The van der Waals surface area contributed by atoms with E-state index in [1.807, 2.05) is 0 Å². The molecule has 24 heavy (non-hydrogen) atoms. The summed E-state index contributed by atoms with van der Waals surface area (Å²) in [7, 11) is -10.4. The average Bonchev–Trinajstić information content (AvgIpc) is 2.45. The van der Waals surface area contributed by atoms with Crippen LogP contribution in [-0.4, -0.2) is 47.9 Å². The third-order valence-electron chi connectivity index (χ3n) is 3.18.